The highest BCUT2D eigenvalue weighted by Gasteiger charge is 2.48. The van der Waals surface area contributed by atoms with Crippen molar-refractivity contribution in [1.82, 2.24) is 9.88 Å². The van der Waals surface area contributed by atoms with Gasteiger partial charge < -0.3 is 4.90 Å². The van der Waals surface area contributed by atoms with E-state index < -0.39 is 0 Å². The number of carbonyl (C=O) groups excluding carboxylic acids is 1. The monoisotopic (exact) mass is 306 g/mol. The number of carbonyl (C=O) groups is 1. The molecule has 1 aliphatic heterocycles. The van der Waals surface area contributed by atoms with Crippen LogP contribution < -0.4 is 0 Å². The van der Waals surface area contributed by atoms with Crippen molar-refractivity contribution >= 4 is 5.91 Å². The second-order valence-corrected chi connectivity index (χ2v) is 6.78. The second kappa shape index (κ2) is 5.80. The number of rotatable bonds is 2. The highest BCUT2D eigenvalue weighted by Crippen LogP contribution is 2.44. The van der Waals surface area contributed by atoms with E-state index in [0.717, 1.165) is 29.7 Å². The Morgan fingerprint density at radius 2 is 1.78 bits per heavy atom. The Bertz CT molecular complexity index is 695. The van der Waals surface area contributed by atoms with Gasteiger partial charge in [-0.3, -0.25) is 9.78 Å². The van der Waals surface area contributed by atoms with Crippen LogP contribution in [0.15, 0.2) is 48.7 Å². The van der Waals surface area contributed by atoms with Crippen LogP contribution in [-0.4, -0.2) is 28.9 Å². The summed E-state index contributed by atoms with van der Waals surface area (Å²) in [6, 6.07) is 14.8. The van der Waals surface area contributed by atoms with Crippen LogP contribution in [0.3, 0.4) is 0 Å². The molecule has 118 valence electrons. The fraction of sp³-hybridized carbons (Fsp3) is 0.400. The van der Waals surface area contributed by atoms with Gasteiger partial charge in [0.2, 0.25) is 5.91 Å². The van der Waals surface area contributed by atoms with E-state index in [1.54, 1.807) is 0 Å². The molecule has 1 amide bonds. The first-order chi connectivity index (χ1) is 11.3. The number of nitrogens with zero attached hydrogens (tertiary/aromatic N) is 2. The molecule has 1 aliphatic carbocycles. The summed E-state index contributed by atoms with van der Waals surface area (Å²) in [5.74, 6) is 0.647. The summed E-state index contributed by atoms with van der Waals surface area (Å²) >= 11 is 0. The molecule has 0 spiro atoms. The third kappa shape index (κ3) is 2.44. The third-order valence-electron chi connectivity index (χ3n) is 5.53. The lowest BCUT2D eigenvalue weighted by Crippen LogP contribution is -2.33. The molecule has 1 saturated heterocycles. The number of aromatic nitrogens is 1. The molecular formula is C20H22N2O. The molecule has 4 rings (SSSR count). The number of hydrogen-bond donors (Lipinski definition) is 0. The fourth-order valence-electron chi connectivity index (χ4n) is 4.31. The second-order valence-electron chi connectivity index (χ2n) is 6.78. The van der Waals surface area contributed by atoms with Crippen molar-refractivity contribution in [1.29, 1.82) is 0 Å². The van der Waals surface area contributed by atoms with Gasteiger partial charge in [-0.05, 0) is 30.4 Å². The number of pyridine rings is 1. The molecule has 0 bridgehead atoms. The van der Waals surface area contributed by atoms with E-state index in [1.165, 1.54) is 12.8 Å². The zero-order valence-electron chi connectivity index (χ0n) is 13.5. The first kappa shape index (κ1) is 14.4. The van der Waals surface area contributed by atoms with E-state index >= 15 is 0 Å². The maximum Gasteiger partial charge on any atom is 0.232 e. The zero-order valence-corrected chi connectivity index (χ0v) is 13.5. The van der Waals surface area contributed by atoms with Crippen LogP contribution in [0.1, 0.15) is 37.3 Å². The predicted molar refractivity (Wildman–Crippen MR) is 90.9 cm³/mol. The van der Waals surface area contributed by atoms with Crippen molar-refractivity contribution in [3.8, 4) is 11.1 Å². The Morgan fingerprint density at radius 1 is 1.00 bits per heavy atom. The van der Waals surface area contributed by atoms with Gasteiger partial charge in [-0.25, -0.2) is 0 Å². The molecule has 0 N–H and O–H groups in total. The summed E-state index contributed by atoms with van der Waals surface area (Å²) in [6.07, 6.45) is 6.68. The standard InChI is InChI=1S/C20H22N2O/c1-22-18-10-6-5-9-16(18)19(20(22)23)17-12-11-15(13-21-17)14-7-3-2-4-8-14/h2-4,7-8,11-13,16,18-19H,5-6,9-10H2,1H3/t16-,18+,19-/m0/s1. The molecule has 2 aromatic rings. The van der Waals surface area contributed by atoms with Gasteiger partial charge in [0.25, 0.3) is 0 Å². The topological polar surface area (TPSA) is 33.2 Å². The molecule has 2 aliphatic rings. The van der Waals surface area contributed by atoms with Gasteiger partial charge in [-0.15, -0.1) is 0 Å². The van der Waals surface area contributed by atoms with E-state index in [9.17, 15) is 4.79 Å². The van der Waals surface area contributed by atoms with Crippen molar-refractivity contribution in [2.24, 2.45) is 5.92 Å². The van der Waals surface area contributed by atoms with E-state index in [4.69, 9.17) is 0 Å². The molecule has 0 radical (unpaired) electrons. The van der Waals surface area contributed by atoms with Crippen molar-refractivity contribution < 1.29 is 4.79 Å². The number of hydrogen-bond acceptors (Lipinski definition) is 2. The lowest BCUT2D eigenvalue weighted by atomic mass is 9.78. The Balaban J connectivity index is 1.64. The van der Waals surface area contributed by atoms with Crippen molar-refractivity contribution in [2.45, 2.75) is 37.6 Å². The van der Waals surface area contributed by atoms with Crippen molar-refractivity contribution in [3.05, 3.63) is 54.4 Å². The molecule has 2 fully saturated rings. The minimum Gasteiger partial charge on any atom is -0.342 e. The molecule has 1 aromatic heterocycles. The molecule has 1 saturated carbocycles. The average Bonchev–Trinajstić information content (AvgIpc) is 2.87. The van der Waals surface area contributed by atoms with Crippen LogP contribution in [0.4, 0.5) is 0 Å². The number of likely N-dealkylation sites (N-methyl/N-ethyl adjacent to an activating group) is 1. The van der Waals surface area contributed by atoms with Gasteiger partial charge in [0, 0.05) is 24.8 Å². The minimum absolute atomic E-state index is 0.0462. The van der Waals surface area contributed by atoms with E-state index in [0.29, 0.717) is 12.0 Å². The van der Waals surface area contributed by atoms with E-state index in [1.807, 2.05) is 36.3 Å². The maximum absolute atomic E-state index is 12.7. The molecule has 2 heterocycles. The van der Waals surface area contributed by atoms with Crippen molar-refractivity contribution in [2.75, 3.05) is 7.05 Å². The lowest BCUT2D eigenvalue weighted by molar-refractivity contribution is -0.128. The van der Waals surface area contributed by atoms with Crippen LogP contribution in [0.2, 0.25) is 0 Å². The summed E-state index contributed by atoms with van der Waals surface area (Å²) in [4.78, 5) is 19.4. The summed E-state index contributed by atoms with van der Waals surface area (Å²) in [5.41, 5.74) is 3.21. The fourth-order valence-corrected chi connectivity index (χ4v) is 4.31. The summed E-state index contributed by atoms with van der Waals surface area (Å²) in [6.45, 7) is 0. The molecule has 23 heavy (non-hydrogen) atoms. The SMILES string of the molecule is CN1C(=O)[C@H](c2ccc(-c3ccccc3)cn2)[C@H]2CCCC[C@H]21. The van der Waals surface area contributed by atoms with Gasteiger partial charge in [0.05, 0.1) is 11.6 Å². The number of likely N-dealkylation sites (tertiary alicyclic amines) is 1. The Morgan fingerprint density at radius 3 is 2.52 bits per heavy atom. The number of amides is 1. The van der Waals surface area contributed by atoms with Crippen LogP contribution in [-0.2, 0) is 4.79 Å². The number of benzene rings is 1. The van der Waals surface area contributed by atoms with E-state index in [-0.39, 0.29) is 11.8 Å². The van der Waals surface area contributed by atoms with Gasteiger partial charge in [0.1, 0.15) is 0 Å². The molecule has 0 unspecified atom stereocenters. The summed E-state index contributed by atoms with van der Waals surface area (Å²) in [7, 11) is 1.96. The Kier molecular flexibility index (Phi) is 3.64. The zero-order chi connectivity index (χ0) is 15.8. The smallest absolute Gasteiger partial charge is 0.232 e. The third-order valence-corrected chi connectivity index (χ3v) is 5.53. The van der Waals surface area contributed by atoms with Gasteiger partial charge >= 0.3 is 0 Å². The summed E-state index contributed by atoms with van der Waals surface area (Å²) < 4.78 is 0. The summed E-state index contributed by atoms with van der Waals surface area (Å²) in [5, 5.41) is 0. The molecular weight excluding hydrogens is 284 g/mol. The average molecular weight is 306 g/mol. The first-order valence-electron chi connectivity index (χ1n) is 8.54. The lowest BCUT2D eigenvalue weighted by Gasteiger charge is -2.29. The number of fused-ring (bicyclic) bond motifs is 1. The maximum atomic E-state index is 12.7. The quantitative estimate of drug-likeness (QED) is 0.844. The van der Waals surface area contributed by atoms with E-state index in [2.05, 4.69) is 29.2 Å². The molecule has 1 aromatic carbocycles. The Labute approximate surface area is 137 Å². The van der Waals surface area contributed by atoms with Gasteiger partial charge in [-0.1, -0.05) is 49.2 Å². The van der Waals surface area contributed by atoms with Gasteiger partial charge in [0.15, 0.2) is 0 Å². The van der Waals surface area contributed by atoms with Crippen molar-refractivity contribution in [3.63, 3.8) is 0 Å². The predicted octanol–water partition coefficient (Wildman–Crippen LogP) is 3.86. The van der Waals surface area contributed by atoms with Crippen LogP contribution in [0, 0.1) is 5.92 Å². The largest absolute Gasteiger partial charge is 0.342 e. The van der Waals surface area contributed by atoms with Crippen LogP contribution in [0.25, 0.3) is 11.1 Å². The normalized spacial score (nSPS) is 27.1. The van der Waals surface area contributed by atoms with Crippen LogP contribution >= 0.6 is 0 Å². The van der Waals surface area contributed by atoms with Crippen LogP contribution in [0.5, 0.6) is 0 Å². The molecule has 3 nitrogen and oxygen atoms in total. The Hall–Kier alpha value is -2.16. The highest BCUT2D eigenvalue weighted by atomic mass is 16.2. The van der Waals surface area contributed by atoms with Gasteiger partial charge in [-0.2, -0.15) is 0 Å². The minimum atomic E-state index is -0.0462. The molecule has 3 heteroatoms. The molecule has 3 atom stereocenters. The highest BCUT2D eigenvalue weighted by molar-refractivity contribution is 5.86. The first-order valence-corrected chi connectivity index (χ1v) is 8.54.